The molecule has 1 atom stereocenters. The summed E-state index contributed by atoms with van der Waals surface area (Å²) < 4.78 is 0.514. The van der Waals surface area contributed by atoms with Gasteiger partial charge >= 0.3 is 0 Å². The molecule has 0 aliphatic heterocycles. The van der Waals surface area contributed by atoms with E-state index in [0.717, 1.165) is 5.69 Å². The normalized spacial score (nSPS) is 18.5. The quantitative estimate of drug-likeness (QED) is 0.676. The molecule has 0 bridgehead atoms. The zero-order valence-corrected chi connectivity index (χ0v) is 11.5. The number of hydrogen-bond acceptors (Lipinski definition) is 3. The lowest BCUT2D eigenvalue weighted by Crippen LogP contribution is -2.24. The fourth-order valence-electron chi connectivity index (χ4n) is 1.80. The number of hydrogen-bond donors (Lipinski definition) is 1. The topological polar surface area (TPSA) is 55.2 Å². The monoisotopic (exact) mass is 298 g/mol. The lowest BCUT2D eigenvalue weighted by atomic mass is 10.0. The Kier molecular flexibility index (Phi) is 3.12. The Labute approximate surface area is 109 Å². The van der Waals surface area contributed by atoms with E-state index in [-0.39, 0.29) is 10.6 Å². The summed E-state index contributed by atoms with van der Waals surface area (Å²) in [6.45, 7) is 4.41. The number of rotatable bonds is 4. The molecule has 92 valence electrons. The maximum atomic E-state index is 10.7. The standard InChI is InChI=1S/C12H15BrN2O2/c1-8(12(2)5-6-12)14-9-3-4-11(15(16)17)10(13)7-9/h3-4,7-8,14H,5-6H2,1-2H3. The molecule has 1 aliphatic rings. The SMILES string of the molecule is CC(Nc1ccc([N+](=O)[O-])c(Br)c1)C1(C)CC1. The van der Waals surface area contributed by atoms with Crippen LogP contribution in [0.25, 0.3) is 0 Å². The van der Waals surface area contributed by atoms with Crippen molar-refractivity contribution in [3.8, 4) is 0 Å². The van der Waals surface area contributed by atoms with Gasteiger partial charge in [-0.3, -0.25) is 10.1 Å². The van der Waals surface area contributed by atoms with Crippen LogP contribution in [-0.4, -0.2) is 11.0 Å². The van der Waals surface area contributed by atoms with Gasteiger partial charge in [0.2, 0.25) is 0 Å². The lowest BCUT2D eigenvalue weighted by molar-refractivity contribution is -0.385. The predicted octanol–water partition coefficient (Wildman–Crippen LogP) is 3.96. The van der Waals surface area contributed by atoms with E-state index in [1.807, 2.05) is 0 Å². The third-order valence-corrected chi connectivity index (χ3v) is 4.25. The molecular weight excluding hydrogens is 284 g/mol. The molecule has 1 unspecified atom stereocenters. The fourth-order valence-corrected chi connectivity index (χ4v) is 2.32. The van der Waals surface area contributed by atoms with E-state index in [4.69, 9.17) is 0 Å². The van der Waals surface area contributed by atoms with Gasteiger partial charge in [0.15, 0.2) is 0 Å². The van der Waals surface area contributed by atoms with Crippen molar-refractivity contribution in [1.82, 2.24) is 0 Å². The molecule has 4 nitrogen and oxygen atoms in total. The van der Waals surface area contributed by atoms with Crippen LogP contribution in [0.15, 0.2) is 22.7 Å². The average molecular weight is 299 g/mol. The molecular formula is C12H15BrN2O2. The molecule has 17 heavy (non-hydrogen) atoms. The van der Waals surface area contributed by atoms with Gasteiger partial charge in [-0.15, -0.1) is 0 Å². The first-order valence-electron chi connectivity index (χ1n) is 5.63. The maximum absolute atomic E-state index is 10.7. The number of anilines is 1. The first-order valence-corrected chi connectivity index (χ1v) is 6.42. The van der Waals surface area contributed by atoms with Crippen LogP contribution < -0.4 is 5.32 Å². The molecule has 1 N–H and O–H groups in total. The van der Waals surface area contributed by atoms with Crippen molar-refractivity contribution < 1.29 is 4.92 Å². The van der Waals surface area contributed by atoms with E-state index in [1.165, 1.54) is 18.9 Å². The van der Waals surface area contributed by atoms with Crippen molar-refractivity contribution >= 4 is 27.3 Å². The summed E-state index contributed by atoms with van der Waals surface area (Å²) in [5.41, 5.74) is 1.40. The van der Waals surface area contributed by atoms with Crippen molar-refractivity contribution in [2.24, 2.45) is 5.41 Å². The minimum Gasteiger partial charge on any atom is -0.382 e. The summed E-state index contributed by atoms with van der Waals surface area (Å²) in [6.07, 6.45) is 2.49. The third-order valence-electron chi connectivity index (χ3n) is 3.61. The van der Waals surface area contributed by atoms with Crippen LogP contribution in [0.5, 0.6) is 0 Å². The van der Waals surface area contributed by atoms with Crippen molar-refractivity contribution in [1.29, 1.82) is 0 Å². The zero-order chi connectivity index (χ0) is 12.6. The molecule has 0 heterocycles. The van der Waals surface area contributed by atoms with Crippen LogP contribution in [0.1, 0.15) is 26.7 Å². The van der Waals surface area contributed by atoms with Crippen LogP contribution in [0, 0.1) is 15.5 Å². The Bertz CT molecular complexity index is 458. The van der Waals surface area contributed by atoms with Crippen molar-refractivity contribution in [2.75, 3.05) is 5.32 Å². The van der Waals surface area contributed by atoms with Crippen LogP contribution in [-0.2, 0) is 0 Å². The number of nitrogens with zero attached hydrogens (tertiary/aromatic N) is 1. The number of nitrogens with one attached hydrogen (secondary N) is 1. The van der Waals surface area contributed by atoms with Crippen molar-refractivity contribution in [2.45, 2.75) is 32.7 Å². The minimum absolute atomic E-state index is 0.0980. The van der Waals surface area contributed by atoms with Crippen LogP contribution in [0.2, 0.25) is 0 Å². The number of halogens is 1. The zero-order valence-electron chi connectivity index (χ0n) is 9.87. The maximum Gasteiger partial charge on any atom is 0.283 e. The highest BCUT2D eigenvalue weighted by Gasteiger charge is 2.42. The molecule has 0 aromatic heterocycles. The molecule has 1 aromatic carbocycles. The smallest absolute Gasteiger partial charge is 0.283 e. The Balaban J connectivity index is 2.12. The van der Waals surface area contributed by atoms with Crippen LogP contribution >= 0.6 is 15.9 Å². The highest BCUT2D eigenvalue weighted by Crippen LogP contribution is 2.48. The van der Waals surface area contributed by atoms with E-state index in [9.17, 15) is 10.1 Å². The number of nitro benzene ring substituents is 1. The Morgan fingerprint density at radius 1 is 1.53 bits per heavy atom. The second-order valence-corrected chi connectivity index (χ2v) is 5.80. The van der Waals surface area contributed by atoms with Gasteiger partial charge in [-0.1, -0.05) is 6.92 Å². The highest BCUT2D eigenvalue weighted by molar-refractivity contribution is 9.10. The highest BCUT2D eigenvalue weighted by atomic mass is 79.9. The molecule has 0 radical (unpaired) electrons. The first kappa shape index (κ1) is 12.4. The largest absolute Gasteiger partial charge is 0.382 e. The fraction of sp³-hybridized carbons (Fsp3) is 0.500. The third kappa shape index (κ3) is 2.60. The second-order valence-electron chi connectivity index (χ2n) is 4.94. The summed E-state index contributed by atoms with van der Waals surface area (Å²) in [5.74, 6) is 0. The number of benzene rings is 1. The van der Waals surface area contributed by atoms with Crippen LogP contribution in [0.3, 0.4) is 0 Å². The molecule has 0 spiro atoms. The minimum atomic E-state index is -0.389. The lowest BCUT2D eigenvalue weighted by Gasteiger charge is -2.21. The molecule has 2 rings (SSSR count). The van der Waals surface area contributed by atoms with E-state index in [1.54, 1.807) is 12.1 Å². The average Bonchev–Trinajstić information content (AvgIpc) is 2.97. The van der Waals surface area contributed by atoms with Crippen molar-refractivity contribution in [3.63, 3.8) is 0 Å². The Morgan fingerprint density at radius 3 is 2.65 bits per heavy atom. The molecule has 1 fully saturated rings. The molecule has 1 aromatic rings. The summed E-state index contributed by atoms with van der Waals surface area (Å²) in [4.78, 5) is 10.3. The van der Waals surface area contributed by atoms with E-state index in [2.05, 4.69) is 35.1 Å². The second kappa shape index (κ2) is 4.29. The van der Waals surface area contributed by atoms with Gasteiger partial charge in [0.25, 0.3) is 5.69 Å². The van der Waals surface area contributed by atoms with Gasteiger partial charge in [0.1, 0.15) is 0 Å². The van der Waals surface area contributed by atoms with Gasteiger partial charge in [0.05, 0.1) is 9.40 Å². The van der Waals surface area contributed by atoms with Gasteiger partial charge in [-0.25, -0.2) is 0 Å². The number of nitro groups is 1. The molecule has 0 amide bonds. The summed E-state index contributed by atoms with van der Waals surface area (Å²) in [5, 5.41) is 14.1. The van der Waals surface area contributed by atoms with E-state index >= 15 is 0 Å². The van der Waals surface area contributed by atoms with Gasteiger partial charge < -0.3 is 5.32 Å². The molecule has 5 heteroatoms. The Hall–Kier alpha value is -1.10. The molecule has 1 saturated carbocycles. The molecule has 1 aliphatic carbocycles. The van der Waals surface area contributed by atoms with E-state index in [0.29, 0.717) is 15.9 Å². The van der Waals surface area contributed by atoms with Crippen LogP contribution in [0.4, 0.5) is 11.4 Å². The summed E-state index contributed by atoms with van der Waals surface area (Å²) >= 11 is 3.22. The van der Waals surface area contributed by atoms with Crippen molar-refractivity contribution in [3.05, 3.63) is 32.8 Å². The van der Waals surface area contributed by atoms with Gasteiger partial charge in [0, 0.05) is 17.8 Å². The predicted molar refractivity (Wildman–Crippen MR) is 71.2 cm³/mol. The first-order chi connectivity index (χ1) is 7.92. The van der Waals surface area contributed by atoms with Gasteiger partial charge in [-0.05, 0) is 53.2 Å². The molecule has 0 saturated heterocycles. The van der Waals surface area contributed by atoms with E-state index < -0.39 is 0 Å². The summed E-state index contributed by atoms with van der Waals surface area (Å²) in [6, 6.07) is 5.43. The summed E-state index contributed by atoms with van der Waals surface area (Å²) in [7, 11) is 0. The van der Waals surface area contributed by atoms with Gasteiger partial charge in [-0.2, -0.15) is 0 Å². The Morgan fingerprint density at radius 2 is 2.18 bits per heavy atom.